The molecule has 2 rings (SSSR count). The SMILES string of the molecule is C.C=CC1CCC(=O)N1CCc1ccc(CC)cc1. The second-order valence-electron chi connectivity index (χ2n) is 4.85. The van der Waals surface area contributed by atoms with E-state index < -0.39 is 0 Å². The van der Waals surface area contributed by atoms with E-state index in [-0.39, 0.29) is 19.4 Å². The molecule has 1 fully saturated rings. The van der Waals surface area contributed by atoms with Crippen molar-refractivity contribution in [1.29, 1.82) is 0 Å². The summed E-state index contributed by atoms with van der Waals surface area (Å²) in [7, 11) is 0. The number of amides is 1. The van der Waals surface area contributed by atoms with Gasteiger partial charge in [0.15, 0.2) is 0 Å². The molecule has 0 bridgehead atoms. The fourth-order valence-corrected chi connectivity index (χ4v) is 2.48. The summed E-state index contributed by atoms with van der Waals surface area (Å²) in [5, 5.41) is 0. The van der Waals surface area contributed by atoms with Crippen LogP contribution >= 0.6 is 0 Å². The van der Waals surface area contributed by atoms with Crippen molar-refractivity contribution in [3.63, 3.8) is 0 Å². The summed E-state index contributed by atoms with van der Waals surface area (Å²) in [6.07, 6.45) is 5.50. The first-order chi connectivity index (χ1) is 8.74. The molecule has 0 aromatic heterocycles. The number of carbonyl (C=O) groups is 1. The van der Waals surface area contributed by atoms with Gasteiger partial charge in [0.25, 0.3) is 0 Å². The summed E-state index contributed by atoms with van der Waals surface area (Å²) >= 11 is 0. The van der Waals surface area contributed by atoms with Crippen molar-refractivity contribution in [1.82, 2.24) is 4.90 Å². The van der Waals surface area contributed by atoms with E-state index in [2.05, 4.69) is 37.8 Å². The Labute approximate surface area is 117 Å². The highest BCUT2D eigenvalue weighted by Crippen LogP contribution is 2.19. The van der Waals surface area contributed by atoms with Gasteiger partial charge in [-0.15, -0.1) is 6.58 Å². The molecule has 0 aliphatic carbocycles. The van der Waals surface area contributed by atoms with E-state index in [9.17, 15) is 4.79 Å². The molecule has 1 aromatic carbocycles. The third-order valence-electron chi connectivity index (χ3n) is 3.72. The Kier molecular flexibility index (Phi) is 5.81. The molecule has 104 valence electrons. The molecule has 1 aliphatic rings. The van der Waals surface area contributed by atoms with Crippen molar-refractivity contribution in [2.45, 2.75) is 46.1 Å². The van der Waals surface area contributed by atoms with Crippen molar-refractivity contribution in [3.8, 4) is 0 Å². The summed E-state index contributed by atoms with van der Waals surface area (Å²) in [4.78, 5) is 13.7. The molecule has 0 radical (unpaired) electrons. The van der Waals surface area contributed by atoms with E-state index in [1.54, 1.807) is 0 Å². The maximum absolute atomic E-state index is 11.7. The molecule has 1 aromatic rings. The molecular formula is C17H25NO. The van der Waals surface area contributed by atoms with E-state index in [4.69, 9.17) is 0 Å². The first-order valence-electron chi connectivity index (χ1n) is 6.74. The van der Waals surface area contributed by atoms with E-state index in [0.29, 0.717) is 6.42 Å². The van der Waals surface area contributed by atoms with Crippen LogP contribution in [0.25, 0.3) is 0 Å². The molecule has 1 heterocycles. The highest BCUT2D eigenvalue weighted by molar-refractivity contribution is 5.79. The van der Waals surface area contributed by atoms with Crippen LogP contribution in [0.5, 0.6) is 0 Å². The largest absolute Gasteiger partial charge is 0.336 e. The highest BCUT2D eigenvalue weighted by Gasteiger charge is 2.27. The van der Waals surface area contributed by atoms with Gasteiger partial charge < -0.3 is 4.90 Å². The lowest BCUT2D eigenvalue weighted by molar-refractivity contribution is -0.128. The molecule has 1 amide bonds. The molecule has 1 aliphatic heterocycles. The Morgan fingerprint density at radius 3 is 2.53 bits per heavy atom. The summed E-state index contributed by atoms with van der Waals surface area (Å²) in [5.74, 6) is 0.269. The average Bonchev–Trinajstić information content (AvgIpc) is 2.77. The van der Waals surface area contributed by atoms with Gasteiger partial charge in [-0.25, -0.2) is 0 Å². The minimum Gasteiger partial charge on any atom is -0.336 e. The fourth-order valence-electron chi connectivity index (χ4n) is 2.48. The van der Waals surface area contributed by atoms with Gasteiger partial charge in [-0.05, 0) is 30.4 Å². The van der Waals surface area contributed by atoms with Crippen LogP contribution in [0.4, 0.5) is 0 Å². The highest BCUT2D eigenvalue weighted by atomic mass is 16.2. The number of rotatable bonds is 5. The van der Waals surface area contributed by atoms with Gasteiger partial charge in [-0.1, -0.05) is 44.7 Å². The van der Waals surface area contributed by atoms with Crippen LogP contribution in [0.2, 0.25) is 0 Å². The maximum Gasteiger partial charge on any atom is 0.223 e. The zero-order valence-corrected chi connectivity index (χ0v) is 11.1. The molecule has 0 N–H and O–H groups in total. The lowest BCUT2D eigenvalue weighted by Gasteiger charge is -2.22. The second kappa shape index (κ2) is 7.13. The van der Waals surface area contributed by atoms with Crippen LogP contribution in [0, 0.1) is 0 Å². The Balaban J connectivity index is 0.00000180. The van der Waals surface area contributed by atoms with Gasteiger partial charge in [0, 0.05) is 13.0 Å². The standard InChI is InChI=1S/C16H21NO.CH4/c1-3-13-5-7-14(8-6-13)11-12-17-15(4-2)9-10-16(17)18;/h4-8,15H,2-3,9-12H2,1H3;1H4. The predicted octanol–water partition coefficient (Wildman–Crippen LogP) is 3.60. The van der Waals surface area contributed by atoms with Gasteiger partial charge >= 0.3 is 0 Å². The van der Waals surface area contributed by atoms with Crippen LogP contribution in [0.3, 0.4) is 0 Å². The molecular weight excluding hydrogens is 234 g/mol. The zero-order chi connectivity index (χ0) is 13.0. The van der Waals surface area contributed by atoms with Crippen LogP contribution in [0.15, 0.2) is 36.9 Å². The van der Waals surface area contributed by atoms with Gasteiger partial charge in [-0.2, -0.15) is 0 Å². The van der Waals surface area contributed by atoms with Gasteiger partial charge in [0.2, 0.25) is 5.91 Å². The normalized spacial score (nSPS) is 18.3. The number of hydrogen-bond acceptors (Lipinski definition) is 1. The first-order valence-corrected chi connectivity index (χ1v) is 6.74. The molecule has 1 saturated heterocycles. The quantitative estimate of drug-likeness (QED) is 0.740. The number of hydrogen-bond donors (Lipinski definition) is 0. The Bertz CT molecular complexity index is 421. The molecule has 1 unspecified atom stereocenters. The minimum absolute atomic E-state index is 0. The molecule has 1 atom stereocenters. The third-order valence-corrected chi connectivity index (χ3v) is 3.72. The van der Waals surface area contributed by atoms with Crippen molar-refractivity contribution < 1.29 is 4.79 Å². The van der Waals surface area contributed by atoms with E-state index in [0.717, 1.165) is 25.8 Å². The number of benzene rings is 1. The van der Waals surface area contributed by atoms with Gasteiger partial charge in [0.05, 0.1) is 6.04 Å². The summed E-state index contributed by atoms with van der Waals surface area (Å²) in [5.41, 5.74) is 2.66. The van der Waals surface area contributed by atoms with Crippen molar-refractivity contribution in [2.24, 2.45) is 0 Å². The molecule has 19 heavy (non-hydrogen) atoms. The molecule has 2 heteroatoms. The maximum atomic E-state index is 11.7. The summed E-state index contributed by atoms with van der Waals surface area (Å²) < 4.78 is 0. The summed E-state index contributed by atoms with van der Waals surface area (Å²) in [6, 6.07) is 8.93. The van der Waals surface area contributed by atoms with E-state index >= 15 is 0 Å². The Morgan fingerprint density at radius 1 is 1.32 bits per heavy atom. The Hall–Kier alpha value is -1.57. The number of aryl methyl sites for hydroxylation is 1. The molecule has 0 spiro atoms. The topological polar surface area (TPSA) is 20.3 Å². The fraction of sp³-hybridized carbons (Fsp3) is 0.471. The first kappa shape index (κ1) is 15.5. The average molecular weight is 259 g/mol. The van der Waals surface area contributed by atoms with Gasteiger partial charge in [0.1, 0.15) is 0 Å². The van der Waals surface area contributed by atoms with Crippen LogP contribution in [0.1, 0.15) is 38.3 Å². The minimum atomic E-state index is 0. The van der Waals surface area contributed by atoms with E-state index in [1.807, 2.05) is 11.0 Å². The van der Waals surface area contributed by atoms with Crippen molar-refractivity contribution in [3.05, 3.63) is 48.0 Å². The smallest absolute Gasteiger partial charge is 0.223 e. The van der Waals surface area contributed by atoms with Gasteiger partial charge in [-0.3, -0.25) is 4.79 Å². The monoisotopic (exact) mass is 259 g/mol. The van der Waals surface area contributed by atoms with Crippen molar-refractivity contribution in [2.75, 3.05) is 6.54 Å². The molecule has 0 saturated carbocycles. The van der Waals surface area contributed by atoms with Crippen LogP contribution in [-0.4, -0.2) is 23.4 Å². The zero-order valence-electron chi connectivity index (χ0n) is 11.1. The Morgan fingerprint density at radius 2 is 1.95 bits per heavy atom. The number of nitrogens with zero attached hydrogens (tertiary/aromatic N) is 1. The van der Waals surface area contributed by atoms with Crippen LogP contribution in [-0.2, 0) is 17.6 Å². The summed E-state index contributed by atoms with van der Waals surface area (Å²) in [6.45, 7) is 6.78. The second-order valence-corrected chi connectivity index (χ2v) is 4.85. The van der Waals surface area contributed by atoms with Crippen LogP contribution < -0.4 is 0 Å². The lowest BCUT2D eigenvalue weighted by Crippen LogP contribution is -2.33. The number of carbonyl (C=O) groups excluding carboxylic acids is 1. The van der Waals surface area contributed by atoms with E-state index in [1.165, 1.54) is 11.1 Å². The predicted molar refractivity (Wildman–Crippen MR) is 81.2 cm³/mol. The molecule has 2 nitrogen and oxygen atoms in total. The number of likely N-dealkylation sites (tertiary alicyclic amines) is 1. The van der Waals surface area contributed by atoms with Crippen molar-refractivity contribution >= 4 is 5.91 Å². The third kappa shape index (κ3) is 3.69. The lowest BCUT2D eigenvalue weighted by atomic mass is 10.1.